The first-order valence-corrected chi connectivity index (χ1v) is 13.9. The van der Waals surface area contributed by atoms with E-state index in [4.69, 9.17) is 16.6 Å². The molecular formula is C24H23Cl2N5O2S3. The molecule has 0 radical (unpaired) electrons. The quantitative estimate of drug-likeness (QED) is 0.414. The van der Waals surface area contributed by atoms with Gasteiger partial charge in [-0.3, -0.25) is 19.1 Å². The van der Waals surface area contributed by atoms with Gasteiger partial charge in [-0.1, -0.05) is 17.7 Å². The third-order valence-corrected chi connectivity index (χ3v) is 9.55. The number of aryl methyl sites for hydroxylation is 1. The largest absolute Gasteiger partial charge is 1.00 e. The highest BCUT2D eigenvalue weighted by atomic mass is 35.5. The van der Waals surface area contributed by atoms with E-state index in [0.717, 1.165) is 21.0 Å². The lowest BCUT2D eigenvalue weighted by Crippen LogP contribution is -3.00. The lowest BCUT2D eigenvalue weighted by Gasteiger charge is -2.16. The van der Waals surface area contributed by atoms with Crippen molar-refractivity contribution in [3.05, 3.63) is 67.2 Å². The number of hydrogen-bond acceptors (Lipinski definition) is 7. The highest BCUT2D eigenvalue weighted by Crippen LogP contribution is 2.35. The molecule has 5 rings (SSSR count). The molecule has 4 heterocycles. The highest BCUT2D eigenvalue weighted by Gasteiger charge is 2.38. The summed E-state index contributed by atoms with van der Waals surface area (Å²) in [6.07, 6.45) is 7.67. The van der Waals surface area contributed by atoms with Crippen LogP contribution in [0.5, 0.6) is 0 Å². The minimum Gasteiger partial charge on any atom is -1.00 e. The Hall–Kier alpha value is -2.37. The Labute approximate surface area is 231 Å². The molecule has 2 aliphatic rings. The molecule has 1 aromatic carbocycles. The molecule has 0 N–H and O–H groups in total. The zero-order valence-corrected chi connectivity index (χ0v) is 24.0. The number of hydrogen-bond donors (Lipinski definition) is 0. The van der Waals surface area contributed by atoms with Crippen LogP contribution in [0, 0.1) is 0 Å². The minimum atomic E-state index is -0.129. The van der Waals surface area contributed by atoms with Crippen LogP contribution in [0.1, 0.15) is 13.8 Å². The summed E-state index contributed by atoms with van der Waals surface area (Å²) in [7, 11) is 3.86. The fourth-order valence-corrected chi connectivity index (χ4v) is 7.83. The average Bonchev–Trinajstić information content (AvgIpc) is 3.44. The van der Waals surface area contributed by atoms with Gasteiger partial charge < -0.3 is 17.3 Å². The van der Waals surface area contributed by atoms with Crippen LogP contribution >= 0.6 is 46.0 Å². The van der Waals surface area contributed by atoms with E-state index in [9.17, 15) is 9.59 Å². The first kappa shape index (κ1) is 26.7. The van der Waals surface area contributed by atoms with Gasteiger partial charge in [-0.15, -0.1) is 11.3 Å². The molecule has 1 saturated heterocycles. The number of rotatable bonds is 3. The molecule has 0 bridgehead atoms. The van der Waals surface area contributed by atoms with Crippen molar-refractivity contribution < 1.29 is 21.8 Å². The number of thiazole rings is 2. The third-order valence-electron chi connectivity index (χ3n) is 5.82. The second-order valence-corrected chi connectivity index (χ2v) is 11.3. The number of carbonyl (C=O) groups is 1. The number of benzene rings is 1. The Balaban J connectivity index is 0.00000304. The fraction of sp³-hybridized carbons (Fsp3) is 0.250. The summed E-state index contributed by atoms with van der Waals surface area (Å²) in [4.78, 5) is 35.8. The molecule has 3 aromatic rings. The average molecular weight is 581 g/mol. The van der Waals surface area contributed by atoms with Crippen molar-refractivity contribution in [1.82, 2.24) is 14.4 Å². The topological polar surface area (TPSA) is 61.8 Å². The monoisotopic (exact) mass is 579 g/mol. The number of allylic oxidation sites excluding steroid dienone is 2. The zero-order chi connectivity index (χ0) is 24.9. The maximum absolute atomic E-state index is 13.5. The summed E-state index contributed by atoms with van der Waals surface area (Å²) in [5, 5.41) is 2.05. The van der Waals surface area contributed by atoms with Crippen molar-refractivity contribution in [3.8, 4) is 0 Å². The van der Waals surface area contributed by atoms with Crippen LogP contribution in [0.3, 0.4) is 0 Å². The van der Waals surface area contributed by atoms with Crippen LogP contribution in [0.2, 0.25) is 5.02 Å². The van der Waals surface area contributed by atoms with Gasteiger partial charge in [0.15, 0.2) is 0 Å². The first-order chi connectivity index (χ1) is 16.8. The van der Waals surface area contributed by atoms with Gasteiger partial charge in [0, 0.05) is 31.4 Å². The summed E-state index contributed by atoms with van der Waals surface area (Å²) >= 11 is 10.4. The molecule has 2 aliphatic heterocycles. The Morgan fingerprint density at radius 1 is 1.11 bits per heavy atom. The molecule has 1 fully saturated rings. The van der Waals surface area contributed by atoms with E-state index in [1.54, 1.807) is 9.47 Å². The second-order valence-electron chi connectivity index (χ2n) is 7.91. The van der Waals surface area contributed by atoms with Crippen LogP contribution in [-0.2, 0) is 18.4 Å². The van der Waals surface area contributed by atoms with E-state index in [1.165, 1.54) is 34.4 Å². The number of aromatic nitrogens is 2. The first-order valence-electron chi connectivity index (χ1n) is 11.1. The molecular weight excluding hydrogens is 557 g/mol. The molecule has 36 heavy (non-hydrogen) atoms. The molecule has 0 unspecified atom stereocenters. The fourth-order valence-electron chi connectivity index (χ4n) is 3.98. The lowest BCUT2D eigenvalue weighted by atomic mass is 10.3. The van der Waals surface area contributed by atoms with E-state index < -0.39 is 0 Å². The molecule has 188 valence electrons. The standard InChI is InChI=1S/C24H23ClN5O2S3.ClH/c1-5-29-20(31)18(16-9-7-8-12-27(16)3)34-22(29)19-21(32)30(6-2)24(35-19)26-23-28(4)15-11-10-14(25)13-17(15)33-23;/h7-13H,5-6H2,1-4H3;1H/q+1;/p-1/b18-16-,22-19-;. The van der Waals surface area contributed by atoms with Gasteiger partial charge in [0.1, 0.15) is 19.6 Å². The summed E-state index contributed by atoms with van der Waals surface area (Å²) in [5.74, 6) is -0.129. The van der Waals surface area contributed by atoms with Crippen molar-refractivity contribution >= 4 is 83.1 Å². The summed E-state index contributed by atoms with van der Waals surface area (Å²) in [6.45, 7) is 4.81. The molecule has 0 aliphatic carbocycles. The van der Waals surface area contributed by atoms with Crippen LogP contribution < -0.4 is 31.7 Å². The van der Waals surface area contributed by atoms with E-state index >= 15 is 0 Å². The number of fused-ring (bicyclic) bond motifs is 1. The molecule has 0 saturated carbocycles. The SMILES string of the molecule is CCN1C(=O)/C(=c2/s/c(=C3/C=CC=CN3C)c(=O)n2CC)S/C1=N/c1sc2cc(Cl)ccc2[n+]1C.[Cl-]. The van der Waals surface area contributed by atoms with Crippen molar-refractivity contribution in [1.29, 1.82) is 0 Å². The van der Waals surface area contributed by atoms with Gasteiger partial charge >= 0.3 is 5.13 Å². The van der Waals surface area contributed by atoms with Gasteiger partial charge in [0.2, 0.25) is 0 Å². The van der Waals surface area contributed by atoms with Crippen molar-refractivity contribution in [2.45, 2.75) is 20.4 Å². The van der Waals surface area contributed by atoms with E-state index in [-0.39, 0.29) is 23.9 Å². The molecule has 1 amide bonds. The van der Waals surface area contributed by atoms with Crippen LogP contribution in [0.25, 0.3) is 20.8 Å². The number of amidine groups is 1. The predicted octanol–water partition coefficient (Wildman–Crippen LogP) is 0.141. The maximum Gasteiger partial charge on any atom is 0.385 e. The van der Waals surface area contributed by atoms with Crippen LogP contribution in [0.4, 0.5) is 5.13 Å². The van der Waals surface area contributed by atoms with Crippen molar-refractivity contribution in [2.24, 2.45) is 12.0 Å². The molecule has 0 spiro atoms. The summed E-state index contributed by atoms with van der Waals surface area (Å²) in [6, 6.07) is 5.75. The number of aliphatic imine (C=N–C) groups is 1. The van der Waals surface area contributed by atoms with Gasteiger partial charge in [-0.05, 0) is 72.3 Å². The Morgan fingerprint density at radius 2 is 1.89 bits per heavy atom. The maximum atomic E-state index is 13.5. The lowest BCUT2D eigenvalue weighted by molar-refractivity contribution is -0.627. The van der Waals surface area contributed by atoms with E-state index in [2.05, 4.69) is 0 Å². The zero-order valence-electron chi connectivity index (χ0n) is 20.0. The summed E-state index contributed by atoms with van der Waals surface area (Å²) < 4.78 is 6.00. The van der Waals surface area contributed by atoms with Crippen LogP contribution in [0.15, 0.2) is 52.4 Å². The highest BCUT2D eigenvalue weighted by molar-refractivity contribution is 8.23. The van der Waals surface area contributed by atoms with Gasteiger partial charge in [0.25, 0.3) is 16.6 Å². The van der Waals surface area contributed by atoms with Crippen molar-refractivity contribution in [3.63, 3.8) is 0 Å². The second kappa shape index (κ2) is 10.5. The number of carbonyl (C=O) groups excluding carboxylic acids is 1. The van der Waals surface area contributed by atoms with Crippen LogP contribution in [-0.4, -0.2) is 39.0 Å². The number of thioether (sulfide) groups is 1. The molecule has 7 nitrogen and oxygen atoms in total. The third kappa shape index (κ3) is 4.45. The minimum absolute atomic E-state index is 0. The van der Waals surface area contributed by atoms with E-state index in [0.29, 0.717) is 37.4 Å². The molecule has 12 heteroatoms. The Kier molecular flexibility index (Phi) is 7.82. The number of amides is 1. The van der Waals surface area contributed by atoms with E-state index in [1.807, 2.05) is 80.0 Å². The Bertz CT molecular complexity index is 1650. The van der Waals surface area contributed by atoms with Gasteiger partial charge in [0.05, 0.1) is 17.4 Å². The number of likely N-dealkylation sites (N-methyl/N-ethyl adjacent to an activating group) is 1. The van der Waals surface area contributed by atoms with Gasteiger partial charge in [-0.25, -0.2) is 4.57 Å². The van der Waals surface area contributed by atoms with Crippen molar-refractivity contribution in [2.75, 3.05) is 13.6 Å². The van der Waals surface area contributed by atoms with Gasteiger partial charge in [-0.2, -0.15) is 0 Å². The molecule has 2 aromatic heterocycles. The smallest absolute Gasteiger partial charge is 0.385 e. The number of nitrogens with zero attached hydrogens (tertiary/aromatic N) is 5. The predicted molar refractivity (Wildman–Crippen MR) is 146 cm³/mol. The Morgan fingerprint density at radius 3 is 2.58 bits per heavy atom. The molecule has 0 atom stereocenters. The number of halogens is 2. The summed E-state index contributed by atoms with van der Waals surface area (Å²) in [5.41, 5.74) is 1.76. The normalized spacial score (nSPS) is 19.7.